The quantitative estimate of drug-likeness (QED) is 0.591. The lowest BCUT2D eigenvalue weighted by atomic mass is 9.99. The Morgan fingerprint density at radius 1 is 0.941 bits per heavy atom. The molecule has 2 heteroatoms. The van der Waals surface area contributed by atoms with Crippen LogP contribution < -0.4 is 0 Å². The summed E-state index contributed by atoms with van der Waals surface area (Å²) in [5.41, 5.74) is 2.03. The molecule has 2 rings (SSSR count). The normalized spacial score (nSPS) is 9.88. The summed E-state index contributed by atoms with van der Waals surface area (Å²) >= 11 is 0. The van der Waals surface area contributed by atoms with E-state index in [0.717, 1.165) is 11.8 Å². The van der Waals surface area contributed by atoms with Crippen molar-refractivity contribution in [2.75, 3.05) is 0 Å². The lowest BCUT2D eigenvalue weighted by Gasteiger charge is -2.03. The van der Waals surface area contributed by atoms with E-state index < -0.39 is 0 Å². The number of hydrogen-bond acceptors (Lipinski definition) is 2. The Bertz CT molecular complexity index is 530. The molecule has 0 saturated carbocycles. The summed E-state index contributed by atoms with van der Waals surface area (Å²) in [6, 6.07) is 16.3. The number of carbonyl (C=O) groups is 2. The average Bonchev–Trinajstić information content (AvgIpc) is 2.40. The van der Waals surface area contributed by atoms with Crippen LogP contribution >= 0.6 is 0 Å². The fraction of sp³-hybridized carbons (Fsp3) is 0.0667. The van der Waals surface area contributed by atoms with Gasteiger partial charge in [0.05, 0.1) is 0 Å². The second-order valence-electron chi connectivity index (χ2n) is 3.78. The van der Waals surface area contributed by atoms with Gasteiger partial charge in [-0.2, -0.15) is 0 Å². The molecule has 0 atom stereocenters. The van der Waals surface area contributed by atoms with Gasteiger partial charge in [0.2, 0.25) is 0 Å². The van der Waals surface area contributed by atoms with Gasteiger partial charge in [0.15, 0.2) is 5.78 Å². The van der Waals surface area contributed by atoms with Crippen LogP contribution in [-0.4, -0.2) is 12.1 Å². The lowest BCUT2D eigenvalue weighted by molar-refractivity contribution is 0.0993. The van der Waals surface area contributed by atoms with Crippen molar-refractivity contribution in [2.45, 2.75) is 6.42 Å². The number of benzene rings is 2. The van der Waals surface area contributed by atoms with Crippen LogP contribution in [0, 0.1) is 0 Å². The first-order valence-electron chi connectivity index (χ1n) is 5.42. The number of aldehydes is 1. The molecule has 17 heavy (non-hydrogen) atoms. The molecule has 0 bridgehead atoms. The van der Waals surface area contributed by atoms with Gasteiger partial charge in [-0.1, -0.05) is 54.6 Å². The molecule has 2 aromatic carbocycles. The maximum atomic E-state index is 12.0. The number of hydrogen-bond donors (Lipinski definition) is 0. The highest BCUT2D eigenvalue weighted by Gasteiger charge is 2.08. The summed E-state index contributed by atoms with van der Waals surface area (Å²) in [4.78, 5) is 22.8. The standard InChI is InChI=1S/C15H12O2/c16-11-14-9-5-4-8-13(14)10-15(17)12-6-2-1-3-7-12/h1-9,11H,10H2. The molecule has 0 saturated heterocycles. The molecule has 0 aliphatic carbocycles. The molecule has 0 aliphatic heterocycles. The molecule has 0 amide bonds. The average molecular weight is 224 g/mol. The first kappa shape index (κ1) is 11.3. The zero-order chi connectivity index (χ0) is 12.1. The van der Waals surface area contributed by atoms with Crippen LogP contribution in [0.1, 0.15) is 26.3 Å². The molecule has 0 spiro atoms. The van der Waals surface area contributed by atoms with E-state index in [0.29, 0.717) is 11.1 Å². The van der Waals surface area contributed by atoms with Crippen molar-refractivity contribution in [1.82, 2.24) is 0 Å². The van der Waals surface area contributed by atoms with Gasteiger partial charge in [-0.25, -0.2) is 0 Å². The number of ketones is 1. The van der Waals surface area contributed by atoms with E-state index in [4.69, 9.17) is 0 Å². The molecule has 0 aliphatic rings. The lowest BCUT2D eigenvalue weighted by Crippen LogP contribution is -2.05. The van der Waals surface area contributed by atoms with Gasteiger partial charge >= 0.3 is 0 Å². The number of carbonyl (C=O) groups excluding carboxylic acids is 2. The Morgan fingerprint density at radius 2 is 1.59 bits per heavy atom. The molecule has 0 radical (unpaired) electrons. The van der Waals surface area contributed by atoms with E-state index in [-0.39, 0.29) is 12.2 Å². The zero-order valence-corrected chi connectivity index (χ0v) is 9.30. The minimum absolute atomic E-state index is 0.0277. The Morgan fingerprint density at radius 3 is 2.29 bits per heavy atom. The first-order valence-corrected chi connectivity index (χ1v) is 5.42. The van der Waals surface area contributed by atoms with Crippen molar-refractivity contribution in [1.29, 1.82) is 0 Å². The molecule has 0 unspecified atom stereocenters. The molecule has 84 valence electrons. The molecule has 0 aromatic heterocycles. The number of Topliss-reactive ketones (excluding diaryl/α,β-unsaturated/α-hetero) is 1. The highest BCUT2D eigenvalue weighted by molar-refractivity contribution is 5.98. The van der Waals surface area contributed by atoms with Crippen LogP contribution in [0.4, 0.5) is 0 Å². The molecule has 2 aromatic rings. The van der Waals surface area contributed by atoms with Crippen LogP contribution in [-0.2, 0) is 6.42 Å². The van der Waals surface area contributed by atoms with E-state index >= 15 is 0 Å². The van der Waals surface area contributed by atoms with E-state index in [9.17, 15) is 9.59 Å². The second-order valence-corrected chi connectivity index (χ2v) is 3.78. The van der Waals surface area contributed by atoms with E-state index in [1.165, 1.54) is 0 Å². The monoisotopic (exact) mass is 224 g/mol. The van der Waals surface area contributed by atoms with E-state index in [1.807, 2.05) is 30.3 Å². The molecule has 0 fully saturated rings. The fourth-order valence-corrected chi connectivity index (χ4v) is 1.71. The van der Waals surface area contributed by atoms with Gasteiger partial charge in [-0.3, -0.25) is 9.59 Å². The van der Waals surface area contributed by atoms with Crippen LogP contribution in [0.25, 0.3) is 0 Å². The number of rotatable bonds is 4. The summed E-state index contributed by atoms with van der Waals surface area (Å²) < 4.78 is 0. The molecular formula is C15H12O2. The van der Waals surface area contributed by atoms with Crippen LogP contribution in [0.2, 0.25) is 0 Å². The van der Waals surface area contributed by atoms with Crippen LogP contribution in [0.5, 0.6) is 0 Å². The van der Waals surface area contributed by atoms with Crippen LogP contribution in [0.3, 0.4) is 0 Å². The largest absolute Gasteiger partial charge is 0.298 e. The molecule has 0 heterocycles. The first-order chi connectivity index (χ1) is 8.31. The Labute approximate surface area is 99.9 Å². The van der Waals surface area contributed by atoms with Crippen molar-refractivity contribution in [3.63, 3.8) is 0 Å². The van der Waals surface area contributed by atoms with Gasteiger partial charge in [0, 0.05) is 17.5 Å². The zero-order valence-electron chi connectivity index (χ0n) is 9.30. The van der Waals surface area contributed by atoms with Crippen molar-refractivity contribution in [3.8, 4) is 0 Å². The molecular weight excluding hydrogens is 212 g/mol. The van der Waals surface area contributed by atoms with E-state index in [1.54, 1.807) is 24.3 Å². The second kappa shape index (κ2) is 5.21. The Hall–Kier alpha value is -2.22. The minimum atomic E-state index is 0.0277. The van der Waals surface area contributed by atoms with Gasteiger partial charge in [-0.15, -0.1) is 0 Å². The highest BCUT2D eigenvalue weighted by atomic mass is 16.1. The van der Waals surface area contributed by atoms with Gasteiger partial charge in [0.1, 0.15) is 6.29 Å². The van der Waals surface area contributed by atoms with Gasteiger partial charge < -0.3 is 0 Å². The summed E-state index contributed by atoms with van der Waals surface area (Å²) in [5, 5.41) is 0. The summed E-state index contributed by atoms with van der Waals surface area (Å²) in [6.07, 6.45) is 1.05. The maximum absolute atomic E-state index is 12.0. The van der Waals surface area contributed by atoms with E-state index in [2.05, 4.69) is 0 Å². The summed E-state index contributed by atoms with van der Waals surface area (Å²) in [6.45, 7) is 0. The minimum Gasteiger partial charge on any atom is -0.298 e. The van der Waals surface area contributed by atoms with Crippen molar-refractivity contribution < 1.29 is 9.59 Å². The predicted molar refractivity (Wildman–Crippen MR) is 66.3 cm³/mol. The predicted octanol–water partition coefficient (Wildman–Crippen LogP) is 2.92. The third-order valence-corrected chi connectivity index (χ3v) is 2.63. The SMILES string of the molecule is O=Cc1ccccc1CC(=O)c1ccccc1. The summed E-state index contributed by atoms with van der Waals surface area (Å²) in [7, 11) is 0. The van der Waals surface area contributed by atoms with Crippen molar-refractivity contribution in [3.05, 3.63) is 71.3 Å². The van der Waals surface area contributed by atoms with Gasteiger partial charge in [0.25, 0.3) is 0 Å². The maximum Gasteiger partial charge on any atom is 0.167 e. The molecule has 2 nitrogen and oxygen atoms in total. The third kappa shape index (κ3) is 2.67. The third-order valence-electron chi connectivity index (χ3n) is 2.63. The van der Waals surface area contributed by atoms with Crippen molar-refractivity contribution in [2.24, 2.45) is 0 Å². The molecule has 0 N–H and O–H groups in total. The fourth-order valence-electron chi connectivity index (χ4n) is 1.71. The Balaban J connectivity index is 2.22. The summed E-state index contributed by atoms with van der Waals surface area (Å²) in [5.74, 6) is 0.0277. The van der Waals surface area contributed by atoms with Crippen LogP contribution in [0.15, 0.2) is 54.6 Å². The van der Waals surface area contributed by atoms with Gasteiger partial charge in [-0.05, 0) is 5.56 Å². The Kier molecular flexibility index (Phi) is 3.46. The topological polar surface area (TPSA) is 34.1 Å². The smallest absolute Gasteiger partial charge is 0.167 e. The van der Waals surface area contributed by atoms with Crippen molar-refractivity contribution >= 4 is 12.1 Å². The highest BCUT2D eigenvalue weighted by Crippen LogP contribution is 2.11.